The van der Waals surface area contributed by atoms with Gasteiger partial charge in [0.25, 0.3) is 0 Å². The van der Waals surface area contributed by atoms with Gasteiger partial charge in [0.15, 0.2) is 5.65 Å². The number of anilines is 1. The quantitative estimate of drug-likeness (QED) is 0.436. The second kappa shape index (κ2) is 7.68. The van der Waals surface area contributed by atoms with E-state index in [1.54, 1.807) is 10.7 Å². The molecule has 170 valence electrons. The Hall–Kier alpha value is -3.75. The van der Waals surface area contributed by atoms with Crippen LogP contribution in [0.3, 0.4) is 0 Å². The van der Waals surface area contributed by atoms with E-state index >= 15 is 0 Å². The van der Waals surface area contributed by atoms with Crippen molar-refractivity contribution in [3.8, 4) is 11.4 Å². The molecule has 0 unspecified atom stereocenters. The highest BCUT2D eigenvalue weighted by Crippen LogP contribution is 2.38. The molecule has 0 spiro atoms. The molecule has 9 heteroatoms. The van der Waals surface area contributed by atoms with Crippen LogP contribution in [0.15, 0.2) is 36.8 Å². The number of methoxy groups -OCH3 is 1. The van der Waals surface area contributed by atoms with Gasteiger partial charge in [-0.15, -0.1) is 0 Å². The maximum Gasteiger partial charge on any atom is 0.339 e. The average molecular weight is 446 g/mol. The van der Waals surface area contributed by atoms with E-state index in [0.29, 0.717) is 23.3 Å². The van der Waals surface area contributed by atoms with Crippen LogP contribution in [-0.2, 0) is 24.8 Å². The highest BCUT2D eigenvalue weighted by atomic mass is 16.5. The Labute approximate surface area is 192 Å². The molecule has 5 rings (SSSR count). The number of fused-ring (bicyclic) bond motifs is 2. The van der Waals surface area contributed by atoms with Crippen molar-refractivity contribution >= 4 is 23.0 Å². The molecule has 0 N–H and O–H groups in total. The molecule has 33 heavy (non-hydrogen) atoms. The van der Waals surface area contributed by atoms with E-state index in [1.807, 2.05) is 30.1 Å². The van der Waals surface area contributed by atoms with Gasteiger partial charge in [0.2, 0.25) is 0 Å². The first-order valence-electron chi connectivity index (χ1n) is 11.0. The van der Waals surface area contributed by atoms with Crippen LogP contribution in [0.4, 0.5) is 5.82 Å². The second-order valence-corrected chi connectivity index (χ2v) is 9.00. The van der Waals surface area contributed by atoms with Gasteiger partial charge in [0.05, 0.1) is 24.9 Å². The van der Waals surface area contributed by atoms with Gasteiger partial charge in [-0.25, -0.2) is 19.7 Å². The van der Waals surface area contributed by atoms with Crippen LogP contribution in [0.1, 0.15) is 42.4 Å². The van der Waals surface area contributed by atoms with Crippen molar-refractivity contribution in [3.63, 3.8) is 0 Å². The van der Waals surface area contributed by atoms with Gasteiger partial charge < -0.3 is 14.2 Å². The predicted octanol–water partition coefficient (Wildman–Crippen LogP) is 3.22. The molecule has 0 aromatic carbocycles. The first-order chi connectivity index (χ1) is 15.8. The Bertz CT molecular complexity index is 1370. The molecule has 4 aromatic heterocycles. The Balaban J connectivity index is 1.65. The highest BCUT2D eigenvalue weighted by molar-refractivity contribution is 5.92. The summed E-state index contributed by atoms with van der Waals surface area (Å²) in [6, 6.07) is 5.87. The molecule has 4 aromatic rings. The number of pyridine rings is 2. The molecule has 1 aliphatic heterocycles. The van der Waals surface area contributed by atoms with Crippen molar-refractivity contribution < 1.29 is 9.53 Å². The van der Waals surface area contributed by atoms with E-state index in [1.165, 1.54) is 18.9 Å². The molecule has 0 radical (unpaired) electrons. The SMILES string of the molecule is CCN1c2ncc(-c3nc4cc(C(=O)OC)cnc4n3Cc3ccn(C)n3)cc2CC1(C)C. The summed E-state index contributed by atoms with van der Waals surface area (Å²) in [4.78, 5) is 28.6. The Kier molecular flexibility index (Phi) is 4.92. The number of carbonyl (C=O) groups is 1. The zero-order valence-electron chi connectivity index (χ0n) is 19.5. The number of hydrogen-bond acceptors (Lipinski definition) is 7. The summed E-state index contributed by atoms with van der Waals surface area (Å²) < 4.78 is 8.66. The fourth-order valence-corrected chi connectivity index (χ4v) is 4.74. The Morgan fingerprint density at radius 2 is 2.03 bits per heavy atom. The number of imidazole rings is 1. The first-order valence-corrected chi connectivity index (χ1v) is 11.0. The molecule has 0 saturated carbocycles. The number of nitrogens with zero attached hydrogens (tertiary/aromatic N) is 7. The number of rotatable bonds is 5. The fraction of sp³-hybridized carbons (Fsp3) is 0.375. The topological polar surface area (TPSA) is 91.0 Å². The summed E-state index contributed by atoms with van der Waals surface area (Å²) in [5.74, 6) is 1.34. The van der Waals surface area contributed by atoms with Gasteiger partial charge in [0.1, 0.15) is 17.2 Å². The Morgan fingerprint density at radius 1 is 1.21 bits per heavy atom. The highest BCUT2D eigenvalue weighted by Gasteiger charge is 2.36. The number of esters is 1. The lowest BCUT2D eigenvalue weighted by Gasteiger charge is -2.32. The van der Waals surface area contributed by atoms with Crippen LogP contribution in [-0.4, -0.2) is 54.5 Å². The molecule has 0 amide bonds. The van der Waals surface area contributed by atoms with Crippen molar-refractivity contribution in [1.29, 1.82) is 0 Å². The molecular formula is C24H27N7O2. The summed E-state index contributed by atoms with van der Waals surface area (Å²) in [6.07, 6.45) is 6.23. The van der Waals surface area contributed by atoms with E-state index < -0.39 is 5.97 Å². The van der Waals surface area contributed by atoms with E-state index in [0.717, 1.165) is 35.9 Å². The normalized spacial score (nSPS) is 14.6. The molecule has 5 heterocycles. The van der Waals surface area contributed by atoms with E-state index in [2.05, 4.69) is 41.8 Å². The van der Waals surface area contributed by atoms with Crippen LogP contribution in [0.2, 0.25) is 0 Å². The van der Waals surface area contributed by atoms with Crippen LogP contribution in [0.5, 0.6) is 0 Å². The van der Waals surface area contributed by atoms with Crippen molar-refractivity contribution in [2.75, 3.05) is 18.6 Å². The summed E-state index contributed by atoms with van der Waals surface area (Å²) in [6.45, 7) is 8.05. The monoisotopic (exact) mass is 445 g/mol. The van der Waals surface area contributed by atoms with Gasteiger partial charge in [-0.2, -0.15) is 5.10 Å². The minimum absolute atomic E-state index is 0.0216. The maximum absolute atomic E-state index is 12.0. The summed E-state index contributed by atoms with van der Waals surface area (Å²) in [5, 5.41) is 4.53. The molecule has 0 bridgehead atoms. The summed E-state index contributed by atoms with van der Waals surface area (Å²) in [7, 11) is 3.25. The lowest BCUT2D eigenvalue weighted by atomic mass is 9.99. The third-order valence-corrected chi connectivity index (χ3v) is 6.22. The minimum Gasteiger partial charge on any atom is -0.465 e. The largest absolute Gasteiger partial charge is 0.465 e. The maximum atomic E-state index is 12.0. The predicted molar refractivity (Wildman–Crippen MR) is 125 cm³/mol. The van der Waals surface area contributed by atoms with E-state index in [9.17, 15) is 4.79 Å². The third kappa shape index (κ3) is 3.53. The van der Waals surface area contributed by atoms with Crippen molar-refractivity contribution in [3.05, 3.63) is 53.6 Å². The smallest absolute Gasteiger partial charge is 0.339 e. The Morgan fingerprint density at radius 3 is 2.73 bits per heavy atom. The lowest BCUT2D eigenvalue weighted by molar-refractivity contribution is 0.0600. The standard InChI is InChI=1S/C24H27N7O2/c1-6-31-20-15(11-24(31,2)3)9-16(12-25-20)21-27-19-10-17(23(32)33-5)13-26-22(19)30(21)14-18-7-8-29(4)28-18/h7-10,12-13H,6,11,14H2,1-5H3. The molecule has 0 aliphatic carbocycles. The zero-order chi connectivity index (χ0) is 23.3. The summed E-state index contributed by atoms with van der Waals surface area (Å²) in [5.41, 5.74) is 4.71. The van der Waals surface area contributed by atoms with Crippen LogP contribution in [0.25, 0.3) is 22.6 Å². The number of hydrogen-bond donors (Lipinski definition) is 0. The number of aromatic nitrogens is 6. The molecule has 0 saturated heterocycles. The number of ether oxygens (including phenoxy) is 1. The fourth-order valence-electron chi connectivity index (χ4n) is 4.74. The van der Waals surface area contributed by atoms with Crippen LogP contribution in [0, 0.1) is 0 Å². The van der Waals surface area contributed by atoms with Crippen LogP contribution >= 0.6 is 0 Å². The van der Waals surface area contributed by atoms with Gasteiger partial charge in [-0.1, -0.05) is 0 Å². The lowest BCUT2D eigenvalue weighted by Crippen LogP contribution is -2.41. The van der Waals surface area contributed by atoms with Crippen molar-refractivity contribution in [2.24, 2.45) is 7.05 Å². The molecule has 0 atom stereocenters. The van der Waals surface area contributed by atoms with Gasteiger partial charge in [-0.3, -0.25) is 4.68 Å². The zero-order valence-corrected chi connectivity index (χ0v) is 19.5. The summed E-state index contributed by atoms with van der Waals surface area (Å²) >= 11 is 0. The number of likely N-dealkylation sites (N-methyl/N-ethyl adjacent to an activating group) is 1. The van der Waals surface area contributed by atoms with Crippen LogP contribution < -0.4 is 4.90 Å². The minimum atomic E-state index is -0.439. The first kappa shape index (κ1) is 21.1. The molecule has 9 nitrogen and oxygen atoms in total. The van der Waals surface area contributed by atoms with Gasteiger partial charge in [0, 0.05) is 43.3 Å². The average Bonchev–Trinajstić information content (AvgIpc) is 3.44. The third-order valence-electron chi connectivity index (χ3n) is 6.22. The second-order valence-electron chi connectivity index (χ2n) is 9.00. The molecular weight excluding hydrogens is 418 g/mol. The van der Waals surface area contributed by atoms with E-state index in [-0.39, 0.29) is 5.54 Å². The molecule has 0 fully saturated rings. The number of carbonyl (C=O) groups excluding carboxylic acids is 1. The molecule has 1 aliphatic rings. The number of aryl methyl sites for hydroxylation is 1. The van der Waals surface area contributed by atoms with Gasteiger partial charge in [-0.05, 0) is 51.0 Å². The van der Waals surface area contributed by atoms with Gasteiger partial charge >= 0.3 is 5.97 Å². The van der Waals surface area contributed by atoms with E-state index in [4.69, 9.17) is 14.7 Å². The van der Waals surface area contributed by atoms with Crippen molar-refractivity contribution in [1.82, 2.24) is 29.3 Å². The van der Waals surface area contributed by atoms with Crippen molar-refractivity contribution in [2.45, 2.75) is 39.3 Å².